The van der Waals surface area contributed by atoms with Crippen LogP contribution in [0.25, 0.3) is 28.0 Å². The second kappa shape index (κ2) is 9.08. The highest BCUT2D eigenvalue weighted by atomic mass is 32.1. The maximum Gasteiger partial charge on any atom is 0.248 e. The van der Waals surface area contributed by atoms with Gasteiger partial charge in [0.15, 0.2) is 0 Å². The molecule has 0 saturated heterocycles. The van der Waals surface area contributed by atoms with Crippen molar-refractivity contribution >= 4 is 28.5 Å². The first kappa shape index (κ1) is 20.1. The minimum absolute atomic E-state index is 0.427. The van der Waals surface area contributed by atoms with Crippen molar-refractivity contribution in [2.75, 3.05) is 5.32 Å². The molecule has 0 unspecified atom stereocenters. The summed E-state index contributed by atoms with van der Waals surface area (Å²) in [6.07, 6.45) is 1.61. The Balaban J connectivity index is 1.50. The Kier molecular flexibility index (Phi) is 5.88. The lowest BCUT2D eigenvalue weighted by molar-refractivity contribution is 0.100. The van der Waals surface area contributed by atoms with Gasteiger partial charge in [0.05, 0.1) is 5.69 Å². The summed E-state index contributed by atoms with van der Waals surface area (Å²) in [5.74, 6) is -0.480. The number of allylic oxidation sites excluding steroid dienone is 1. The van der Waals surface area contributed by atoms with E-state index in [1.54, 1.807) is 30.5 Å². The van der Waals surface area contributed by atoms with Crippen molar-refractivity contribution in [2.45, 2.75) is 0 Å². The van der Waals surface area contributed by atoms with Crippen LogP contribution in [0.1, 0.15) is 15.4 Å². The summed E-state index contributed by atoms with van der Waals surface area (Å²) < 4.78 is 0. The van der Waals surface area contributed by atoms with Gasteiger partial charge in [0.25, 0.3) is 0 Å². The number of rotatable bonds is 6. The SMILES string of the molecule is N#CC(=CNc1ccc(C(N)=O)cc1)c1nc(-c2ccc(-c3ccccc3)cc2)cs1. The average Bonchev–Trinajstić information content (AvgIpc) is 3.30. The molecule has 1 aromatic heterocycles. The van der Waals surface area contributed by atoms with Crippen LogP contribution in [0.2, 0.25) is 0 Å². The van der Waals surface area contributed by atoms with Crippen molar-refractivity contribution in [1.82, 2.24) is 4.98 Å². The van der Waals surface area contributed by atoms with Gasteiger partial charge in [-0.05, 0) is 35.4 Å². The third kappa shape index (κ3) is 4.69. The molecule has 4 aromatic rings. The molecule has 0 spiro atoms. The van der Waals surface area contributed by atoms with Gasteiger partial charge in [-0.2, -0.15) is 5.26 Å². The van der Waals surface area contributed by atoms with Crippen molar-refractivity contribution in [3.63, 3.8) is 0 Å². The van der Waals surface area contributed by atoms with E-state index in [1.807, 2.05) is 35.7 Å². The van der Waals surface area contributed by atoms with Crippen LogP contribution in [-0.4, -0.2) is 10.9 Å². The second-order valence-corrected chi connectivity index (χ2v) is 7.60. The topological polar surface area (TPSA) is 91.8 Å². The molecule has 1 heterocycles. The summed E-state index contributed by atoms with van der Waals surface area (Å²) >= 11 is 1.42. The van der Waals surface area contributed by atoms with Crippen molar-refractivity contribution in [3.05, 3.63) is 101 Å². The third-order valence-corrected chi connectivity index (χ3v) is 5.57. The smallest absolute Gasteiger partial charge is 0.248 e. The predicted molar refractivity (Wildman–Crippen MR) is 125 cm³/mol. The number of amides is 1. The lowest BCUT2D eigenvalue weighted by Crippen LogP contribution is -2.10. The predicted octanol–water partition coefficient (Wildman–Crippen LogP) is 5.55. The van der Waals surface area contributed by atoms with Crippen molar-refractivity contribution in [1.29, 1.82) is 5.26 Å². The molecule has 0 atom stereocenters. The fourth-order valence-electron chi connectivity index (χ4n) is 3.02. The van der Waals surface area contributed by atoms with Gasteiger partial charge in [0.2, 0.25) is 5.91 Å². The number of anilines is 1. The highest BCUT2D eigenvalue weighted by molar-refractivity contribution is 7.11. The molecule has 0 aliphatic carbocycles. The normalized spacial score (nSPS) is 11.0. The largest absolute Gasteiger partial charge is 0.366 e. The fraction of sp³-hybridized carbons (Fsp3) is 0. The summed E-state index contributed by atoms with van der Waals surface area (Å²) in [7, 11) is 0. The molecule has 0 saturated carbocycles. The van der Waals surface area contributed by atoms with E-state index in [2.05, 4.69) is 40.6 Å². The first-order valence-electron chi connectivity index (χ1n) is 9.52. The standard InChI is InChI=1S/C25H18N4OS/c26-14-21(15-28-22-12-10-20(11-13-22)24(27)30)25-29-23(16-31-25)19-8-6-18(7-9-19)17-4-2-1-3-5-17/h1-13,15-16,28H,(H2,27,30). The molecule has 6 heteroatoms. The molecule has 0 aliphatic heterocycles. The van der Waals surface area contributed by atoms with Gasteiger partial charge in [-0.1, -0.05) is 54.6 Å². The first-order chi connectivity index (χ1) is 15.1. The number of hydrogen-bond donors (Lipinski definition) is 2. The Hall–Kier alpha value is -4.21. The number of nitrogens with one attached hydrogen (secondary N) is 1. The van der Waals surface area contributed by atoms with Gasteiger partial charge in [-0.3, -0.25) is 4.79 Å². The molecule has 4 rings (SSSR count). The maximum atomic E-state index is 11.2. The lowest BCUT2D eigenvalue weighted by atomic mass is 10.0. The minimum atomic E-state index is -0.480. The van der Waals surface area contributed by atoms with Crippen molar-refractivity contribution in [3.8, 4) is 28.5 Å². The molecular formula is C25H18N4OS. The quantitative estimate of drug-likeness (QED) is 0.398. The van der Waals surface area contributed by atoms with Crippen LogP contribution in [0.4, 0.5) is 5.69 Å². The van der Waals surface area contributed by atoms with Crippen molar-refractivity contribution in [2.24, 2.45) is 5.73 Å². The van der Waals surface area contributed by atoms with Crippen LogP contribution in [-0.2, 0) is 0 Å². The number of nitriles is 1. The van der Waals surface area contributed by atoms with E-state index < -0.39 is 5.91 Å². The van der Waals surface area contributed by atoms with E-state index in [9.17, 15) is 10.1 Å². The zero-order chi connectivity index (χ0) is 21.6. The summed E-state index contributed by atoms with van der Waals surface area (Å²) in [5, 5.41) is 15.2. The van der Waals surface area contributed by atoms with Crippen LogP contribution >= 0.6 is 11.3 Å². The Morgan fingerprint density at radius 3 is 2.23 bits per heavy atom. The van der Waals surface area contributed by atoms with Crippen LogP contribution in [0.15, 0.2) is 90.4 Å². The first-order valence-corrected chi connectivity index (χ1v) is 10.4. The number of carbonyl (C=O) groups excluding carboxylic acids is 1. The van der Waals surface area contributed by atoms with Gasteiger partial charge in [-0.15, -0.1) is 11.3 Å². The van der Waals surface area contributed by atoms with Gasteiger partial charge < -0.3 is 11.1 Å². The molecule has 3 N–H and O–H groups in total. The average molecular weight is 423 g/mol. The summed E-state index contributed by atoms with van der Waals surface area (Å²) in [4.78, 5) is 15.8. The molecule has 31 heavy (non-hydrogen) atoms. The van der Waals surface area contributed by atoms with E-state index in [0.717, 1.165) is 28.1 Å². The Morgan fingerprint density at radius 2 is 1.58 bits per heavy atom. The summed E-state index contributed by atoms with van der Waals surface area (Å²) in [6, 6.07) is 27.3. The monoisotopic (exact) mass is 422 g/mol. The van der Waals surface area contributed by atoms with Crippen LogP contribution in [0, 0.1) is 11.3 Å². The summed E-state index contributed by atoms with van der Waals surface area (Å²) in [6.45, 7) is 0. The van der Waals surface area contributed by atoms with E-state index in [-0.39, 0.29) is 0 Å². The molecule has 0 bridgehead atoms. The molecular weight excluding hydrogens is 404 g/mol. The molecule has 150 valence electrons. The van der Waals surface area contributed by atoms with Gasteiger partial charge in [0, 0.05) is 28.4 Å². The fourth-order valence-corrected chi connectivity index (χ4v) is 3.82. The Labute approximate surface area is 184 Å². The Bertz CT molecular complexity index is 1270. The number of aromatic nitrogens is 1. The number of nitrogens with zero attached hydrogens (tertiary/aromatic N) is 2. The van der Waals surface area contributed by atoms with Gasteiger partial charge in [0.1, 0.15) is 16.6 Å². The van der Waals surface area contributed by atoms with E-state index in [1.165, 1.54) is 11.3 Å². The summed E-state index contributed by atoms with van der Waals surface area (Å²) in [5.41, 5.74) is 11.0. The number of primary amides is 1. The zero-order valence-corrected chi connectivity index (χ0v) is 17.3. The highest BCUT2D eigenvalue weighted by Gasteiger charge is 2.09. The Morgan fingerprint density at radius 1 is 0.935 bits per heavy atom. The van der Waals surface area contributed by atoms with Gasteiger partial charge >= 0.3 is 0 Å². The number of thiazole rings is 1. The molecule has 5 nitrogen and oxygen atoms in total. The van der Waals surface area contributed by atoms with Crippen LogP contribution in [0.3, 0.4) is 0 Å². The second-order valence-electron chi connectivity index (χ2n) is 6.74. The zero-order valence-electron chi connectivity index (χ0n) is 16.4. The number of benzene rings is 3. The van der Waals surface area contributed by atoms with Crippen molar-refractivity contribution < 1.29 is 4.79 Å². The number of carbonyl (C=O) groups is 1. The van der Waals surface area contributed by atoms with Crippen LogP contribution in [0.5, 0.6) is 0 Å². The molecule has 1 amide bonds. The molecule has 0 aliphatic rings. The number of hydrogen-bond acceptors (Lipinski definition) is 5. The highest BCUT2D eigenvalue weighted by Crippen LogP contribution is 2.28. The van der Waals surface area contributed by atoms with E-state index in [4.69, 9.17) is 5.73 Å². The minimum Gasteiger partial charge on any atom is -0.366 e. The number of nitrogens with two attached hydrogens (primary N) is 1. The maximum absolute atomic E-state index is 11.2. The molecule has 0 radical (unpaired) electrons. The molecule has 3 aromatic carbocycles. The van der Waals surface area contributed by atoms with Gasteiger partial charge in [-0.25, -0.2) is 4.98 Å². The third-order valence-electron chi connectivity index (χ3n) is 4.70. The van der Waals surface area contributed by atoms with E-state index >= 15 is 0 Å². The molecule has 0 fully saturated rings. The van der Waals surface area contributed by atoms with Crippen LogP contribution < -0.4 is 11.1 Å². The van der Waals surface area contributed by atoms with E-state index in [0.29, 0.717) is 16.1 Å². The lowest BCUT2D eigenvalue weighted by Gasteiger charge is -2.03.